The van der Waals surface area contributed by atoms with Crippen molar-refractivity contribution in [2.75, 3.05) is 13.7 Å². The van der Waals surface area contributed by atoms with E-state index in [-0.39, 0.29) is 12.2 Å². The van der Waals surface area contributed by atoms with Crippen molar-refractivity contribution in [1.29, 1.82) is 0 Å². The fourth-order valence-corrected chi connectivity index (χ4v) is 2.23. The van der Waals surface area contributed by atoms with Gasteiger partial charge < -0.3 is 14.2 Å². The van der Waals surface area contributed by atoms with Crippen LogP contribution in [0.3, 0.4) is 0 Å². The summed E-state index contributed by atoms with van der Waals surface area (Å²) >= 11 is 0. The maximum atomic E-state index is 12.0. The van der Waals surface area contributed by atoms with Gasteiger partial charge in [-0.3, -0.25) is 14.9 Å². The molecule has 0 unspecified atom stereocenters. The molecular weight excluding hydrogens is 350 g/mol. The quantitative estimate of drug-likeness (QED) is 0.217. The van der Waals surface area contributed by atoms with Gasteiger partial charge in [0.2, 0.25) is 6.20 Å². The summed E-state index contributed by atoms with van der Waals surface area (Å²) in [6, 6.07) is 12.4. The SMILES string of the molecule is COc1cc(C=C[N+](=O)[O-])ccc1OC(=O)CCCOc1ccc(C)cc1. The summed E-state index contributed by atoms with van der Waals surface area (Å²) < 4.78 is 16.1. The lowest BCUT2D eigenvalue weighted by Crippen LogP contribution is -2.10. The van der Waals surface area contributed by atoms with Crippen molar-refractivity contribution in [1.82, 2.24) is 0 Å². The first-order chi connectivity index (χ1) is 13.0. The molecule has 0 atom stereocenters. The van der Waals surface area contributed by atoms with Gasteiger partial charge in [0.05, 0.1) is 18.6 Å². The number of aryl methyl sites for hydroxylation is 1. The fourth-order valence-electron chi connectivity index (χ4n) is 2.23. The number of esters is 1. The third-order valence-electron chi connectivity index (χ3n) is 3.62. The molecule has 142 valence electrons. The highest BCUT2D eigenvalue weighted by molar-refractivity contribution is 5.73. The second-order valence-electron chi connectivity index (χ2n) is 5.75. The molecule has 2 aromatic carbocycles. The Morgan fingerprint density at radius 3 is 2.56 bits per heavy atom. The van der Waals surface area contributed by atoms with Crippen molar-refractivity contribution in [3.05, 3.63) is 69.9 Å². The molecule has 0 aliphatic heterocycles. The van der Waals surface area contributed by atoms with Crippen molar-refractivity contribution in [2.45, 2.75) is 19.8 Å². The molecular formula is C20H21NO6. The first-order valence-corrected chi connectivity index (χ1v) is 8.38. The van der Waals surface area contributed by atoms with Crippen molar-refractivity contribution >= 4 is 12.0 Å². The number of nitro groups is 1. The molecule has 0 saturated carbocycles. The molecule has 0 N–H and O–H groups in total. The number of carbonyl (C=O) groups excluding carboxylic acids is 1. The third kappa shape index (κ3) is 6.81. The van der Waals surface area contributed by atoms with Crippen LogP contribution in [0.5, 0.6) is 17.2 Å². The van der Waals surface area contributed by atoms with E-state index >= 15 is 0 Å². The van der Waals surface area contributed by atoms with Gasteiger partial charge in [-0.05, 0) is 43.2 Å². The molecule has 0 heterocycles. The molecule has 0 spiro atoms. The fraction of sp³-hybridized carbons (Fsp3) is 0.250. The van der Waals surface area contributed by atoms with Gasteiger partial charge in [0.25, 0.3) is 0 Å². The second-order valence-corrected chi connectivity index (χ2v) is 5.75. The number of nitrogens with zero attached hydrogens (tertiary/aromatic N) is 1. The minimum atomic E-state index is -0.556. The Morgan fingerprint density at radius 1 is 1.15 bits per heavy atom. The Bertz CT molecular complexity index is 814. The first-order valence-electron chi connectivity index (χ1n) is 8.38. The zero-order chi connectivity index (χ0) is 19.6. The summed E-state index contributed by atoms with van der Waals surface area (Å²) in [5.74, 6) is 0.938. The predicted molar refractivity (Wildman–Crippen MR) is 101 cm³/mol. The van der Waals surface area contributed by atoms with Crippen LogP contribution in [0.15, 0.2) is 48.7 Å². The summed E-state index contributed by atoms with van der Waals surface area (Å²) in [5.41, 5.74) is 1.72. The average molecular weight is 371 g/mol. The molecule has 0 bridgehead atoms. The second kappa shape index (κ2) is 9.96. The van der Waals surface area contributed by atoms with Gasteiger partial charge in [-0.15, -0.1) is 0 Å². The maximum Gasteiger partial charge on any atom is 0.311 e. The smallest absolute Gasteiger partial charge is 0.311 e. The van der Waals surface area contributed by atoms with E-state index in [1.165, 1.54) is 13.2 Å². The number of carbonyl (C=O) groups is 1. The van der Waals surface area contributed by atoms with E-state index in [4.69, 9.17) is 14.2 Å². The van der Waals surface area contributed by atoms with Crippen LogP contribution in [0, 0.1) is 17.0 Å². The Hall–Kier alpha value is -3.35. The maximum absolute atomic E-state index is 12.0. The van der Waals surface area contributed by atoms with E-state index in [1.807, 2.05) is 31.2 Å². The lowest BCUT2D eigenvalue weighted by Gasteiger charge is -2.10. The monoisotopic (exact) mass is 371 g/mol. The highest BCUT2D eigenvalue weighted by atomic mass is 16.6. The molecule has 0 saturated heterocycles. The van der Waals surface area contributed by atoms with E-state index in [2.05, 4.69) is 0 Å². The summed E-state index contributed by atoms with van der Waals surface area (Å²) in [5, 5.41) is 10.4. The molecule has 0 aliphatic rings. The third-order valence-corrected chi connectivity index (χ3v) is 3.62. The van der Waals surface area contributed by atoms with Crippen molar-refractivity contribution in [2.24, 2.45) is 0 Å². The number of hydrogen-bond acceptors (Lipinski definition) is 6. The molecule has 27 heavy (non-hydrogen) atoms. The summed E-state index contributed by atoms with van der Waals surface area (Å²) in [6.45, 7) is 2.40. The summed E-state index contributed by atoms with van der Waals surface area (Å²) in [7, 11) is 1.43. The van der Waals surface area contributed by atoms with Crippen molar-refractivity contribution < 1.29 is 23.9 Å². The molecule has 7 heteroatoms. The predicted octanol–water partition coefficient (Wildman–Crippen LogP) is 4.02. The Kier molecular flexibility index (Phi) is 7.37. The highest BCUT2D eigenvalue weighted by Crippen LogP contribution is 2.29. The first kappa shape index (κ1) is 20.0. The van der Waals surface area contributed by atoms with Gasteiger partial charge in [0.15, 0.2) is 11.5 Å². The standard InChI is InChI=1S/C20H21NO6/c1-15-5-8-17(9-6-15)26-13-3-4-20(22)27-18-10-7-16(11-12-21(23)24)14-19(18)25-2/h5-12,14H,3-4,13H2,1-2H3. The Morgan fingerprint density at radius 2 is 1.89 bits per heavy atom. The van der Waals surface area contributed by atoms with Gasteiger partial charge in [0.1, 0.15) is 5.75 Å². The normalized spacial score (nSPS) is 10.6. The van der Waals surface area contributed by atoms with Crippen LogP contribution in [0.25, 0.3) is 6.08 Å². The number of rotatable bonds is 9. The van der Waals surface area contributed by atoms with Crippen molar-refractivity contribution in [3.63, 3.8) is 0 Å². The molecule has 0 radical (unpaired) electrons. The van der Waals surface area contributed by atoms with E-state index in [9.17, 15) is 14.9 Å². The molecule has 0 aliphatic carbocycles. The lowest BCUT2D eigenvalue weighted by molar-refractivity contribution is -0.400. The van der Waals surface area contributed by atoms with Crippen LogP contribution >= 0.6 is 0 Å². The molecule has 0 fully saturated rings. The van der Waals surface area contributed by atoms with Crippen molar-refractivity contribution in [3.8, 4) is 17.2 Å². The highest BCUT2D eigenvalue weighted by Gasteiger charge is 2.11. The number of methoxy groups -OCH3 is 1. The zero-order valence-corrected chi connectivity index (χ0v) is 15.2. The molecule has 0 aromatic heterocycles. The summed E-state index contributed by atoms with van der Waals surface area (Å²) in [6.07, 6.45) is 2.86. The van der Waals surface area contributed by atoms with Crippen LogP contribution in [0.2, 0.25) is 0 Å². The van der Waals surface area contributed by atoms with Crippen LogP contribution in [-0.4, -0.2) is 24.6 Å². The minimum Gasteiger partial charge on any atom is -0.494 e. The molecule has 2 aromatic rings. The van der Waals surface area contributed by atoms with Gasteiger partial charge in [-0.2, -0.15) is 0 Å². The largest absolute Gasteiger partial charge is 0.494 e. The van der Waals surface area contributed by atoms with E-state index in [0.29, 0.717) is 24.3 Å². The number of benzene rings is 2. The molecule has 7 nitrogen and oxygen atoms in total. The van der Waals surface area contributed by atoms with E-state index < -0.39 is 10.9 Å². The van der Waals surface area contributed by atoms with Crippen LogP contribution in [0.4, 0.5) is 0 Å². The Balaban J connectivity index is 1.83. The number of ether oxygens (including phenoxy) is 3. The lowest BCUT2D eigenvalue weighted by atomic mass is 10.2. The van der Waals surface area contributed by atoms with E-state index in [1.54, 1.807) is 18.2 Å². The molecule has 0 amide bonds. The topological polar surface area (TPSA) is 87.9 Å². The Labute approximate surface area is 157 Å². The van der Waals surface area contributed by atoms with Crippen LogP contribution in [0.1, 0.15) is 24.0 Å². The average Bonchev–Trinajstić information content (AvgIpc) is 2.65. The zero-order valence-electron chi connectivity index (χ0n) is 15.2. The number of hydrogen-bond donors (Lipinski definition) is 0. The van der Waals surface area contributed by atoms with Crippen LogP contribution in [-0.2, 0) is 4.79 Å². The molecule has 2 rings (SSSR count). The van der Waals surface area contributed by atoms with Crippen LogP contribution < -0.4 is 14.2 Å². The van der Waals surface area contributed by atoms with Gasteiger partial charge in [-0.25, -0.2) is 0 Å². The van der Waals surface area contributed by atoms with E-state index in [0.717, 1.165) is 17.5 Å². The summed E-state index contributed by atoms with van der Waals surface area (Å²) in [4.78, 5) is 21.8. The minimum absolute atomic E-state index is 0.192. The van der Waals surface area contributed by atoms with Gasteiger partial charge in [0, 0.05) is 12.5 Å². The van der Waals surface area contributed by atoms with Gasteiger partial charge in [-0.1, -0.05) is 23.8 Å². The van der Waals surface area contributed by atoms with Gasteiger partial charge >= 0.3 is 5.97 Å².